The van der Waals surface area contributed by atoms with Crippen molar-refractivity contribution in [2.24, 2.45) is 0 Å². The summed E-state index contributed by atoms with van der Waals surface area (Å²) in [4.78, 5) is 14.4. The fraction of sp³-hybridized carbons (Fsp3) is 0.300. The fourth-order valence-electron chi connectivity index (χ4n) is 3.08. The average Bonchev–Trinajstić information content (AvgIpc) is 2.92. The van der Waals surface area contributed by atoms with E-state index in [0.29, 0.717) is 22.7 Å². The van der Waals surface area contributed by atoms with Gasteiger partial charge in [0.15, 0.2) is 0 Å². The fourth-order valence-corrected chi connectivity index (χ4v) is 3.26. The molecule has 4 nitrogen and oxygen atoms in total. The number of carbonyl (C=O) groups is 1. The lowest BCUT2D eigenvalue weighted by Gasteiger charge is -2.29. The molecule has 1 heterocycles. The standard InChI is InChI=1S/C20H19ClN2O2/c1-20(2,3)25-19(24)23-12-14-6-4-5-7-16(14)18(23)17-10-15(21)9-8-13(17)11-22/h4-10,18H,12H2,1-3H3. The Morgan fingerprint density at radius 2 is 1.96 bits per heavy atom. The van der Waals surface area contributed by atoms with Crippen molar-refractivity contribution < 1.29 is 9.53 Å². The molecule has 0 aromatic heterocycles. The van der Waals surface area contributed by atoms with E-state index in [4.69, 9.17) is 16.3 Å². The summed E-state index contributed by atoms with van der Waals surface area (Å²) in [6.07, 6.45) is -0.405. The molecule has 1 amide bonds. The third kappa shape index (κ3) is 3.47. The van der Waals surface area contributed by atoms with E-state index in [2.05, 4.69) is 6.07 Å². The highest BCUT2D eigenvalue weighted by molar-refractivity contribution is 6.30. The van der Waals surface area contributed by atoms with E-state index in [1.54, 1.807) is 23.1 Å². The topological polar surface area (TPSA) is 53.3 Å². The SMILES string of the molecule is CC(C)(C)OC(=O)N1Cc2ccccc2C1c1cc(Cl)ccc1C#N. The lowest BCUT2D eigenvalue weighted by molar-refractivity contribution is 0.0203. The molecule has 2 aromatic rings. The van der Waals surface area contributed by atoms with Crippen molar-refractivity contribution in [2.45, 2.75) is 39.0 Å². The molecule has 0 N–H and O–H groups in total. The Kier molecular flexibility index (Phi) is 4.45. The van der Waals surface area contributed by atoms with Crippen LogP contribution in [0.3, 0.4) is 0 Å². The third-order valence-corrected chi connectivity index (χ3v) is 4.29. The normalized spacial score (nSPS) is 16.3. The maximum Gasteiger partial charge on any atom is 0.411 e. The Morgan fingerprint density at radius 3 is 2.64 bits per heavy atom. The van der Waals surface area contributed by atoms with Gasteiger partial charge < -0.3 is 4.74 Å². The number of nitrogens with zero attached hydrogens (tertiary/aromatic N) is 2. The van der Waals surface area contributed by atoms with Gasteiger partial charge in [0.05, 0.1) is 24.2 Å². The number of carbonyl (C=O) groups excluding carboxylic acids is 1. The van der Waals surface area contributed by atoms with Crippen molar-refractivity contribution in [1.29, 1.82) is 5.26 Å². The summed E-state index contributed by atoms with van der Waals surface area (Å²) in [5, 5.41) is 10.0. The first-order valence-corrected chi connectivity index (χ1v) is 8.45. The predicted octanol–water partition coefficient (Wildman–Crippen LogP) is 5.05. The molecule has 25 heavy (non-hydrogen) atoms. The van der Waals surface area contributed by atoms with Gasteiger partial charge in [0.1, 0.15) is 5.60 Å². The molecule has 128 valence electrons. The minimum atomic E-state index is -0.594. The van der Waals surface area contributed by atoms with E-state index in [-0.39, 0.29) is 6.04 Å². The van der Waals surface area contributed by atoms with Crippen LogP contribution in [0.5, 0.6) is 0 Å². The first kappa shape index (κ1) is 17.3. The second kappa shape index (κ2) is 6.42. The molecule has 0 spiro atoms. The Bertz CT molecular complexity index is 865. The molecule has 0 bridgehead atoms. The van der Waals surface area contributed by atoms with Crippen molar-refractivity contribution in [3.63, 3.8) is 0 Å². The van der Waals surface area contributed by atoms with Crippen molar-refractivity contribution in [2.75, 3.05) is 0 Å². The molecule has 0 saturated heterocycles. The highest BCUT2D eigenvalue weighted by Crippen LogP contribution is 2.41. The quantitative estimate of drug-likeness (QED) is 0.719. The second-order valence-corrected chi connectivity index (χ2v) is 7.49. The number of ether oxygens (including phenoxy) is 1. The van der Waals surface area contributed by atoms with Crippen LogP contribution >= 0.6 is 11.6 Å². The molecule has 2 aromatic carbocycles. The zero-order valence-electron chi connectivity index (χ0n) is 14.4. The Morgan fingerprint density at radius 1 is 1.24 bits per heavy atom. The molecule has 0 radical (unpaired) electrons. The van der Waals surface area contributed by atoms with Crippen LogP contribution in [0, 0.1) is 11.3 Å². The molecule has 1 unspecified atom stereocenters. The Balaban J connectivity index is 2.11. The molecule has 1 aliphatic heterocycles. The molecule has 3 rings (SSSR count). The first-order chi connectivity index (χ1) is 11.8. The lowest BCUT2D eigenvalue weighted by atomic mass is 9.94. The highest BCUT2D eigenvalue weighted by atomic mass is 35.5. The minimum Gasteiger partial charge on any atom is -0.444 e. The first-order valence-electron chi connectivity index (χ1n) is 8.07. The van der Waals surface area contributed by atoms with Gasteiger partial charge in [0, 0.05) is 5.02 Å². The van der Waals surface area contributed by atoms with Crippen LogP contribution in [-0.4, -0.2) is 16.6 Å². The average molecular weight is 355 g/mol. The van der Waals surface area contributed by atoms with Crippen LogP contribution in [0.1, 0.15) is 49.1 Å². The van der Waals surface area contributed by atoms with Gasteiger partial charge in [-0.25, -0.2) is 4.79 Å². The van der Waals surface area contributed by atoms with Gasteiger partial charge in [0.2, 0.25) is 0 Å². The van der Waals surface area contributed by atoms with E-state index in [1.165, 1.54) is 0 Å². The molecule has 0 aliphatic carbocycles. The number of halogens is 1. The van der Waals surface area contributed by atoms with Gasteiger partial charge in [-0.15, -0.1) is 0 Å². The van der Waals surface area contributed by atoms with Crippen molar-refractivity contribution in [3.05, 3.63) is 69.7 Å². The van der Waals surface area contributed by atoms with E-state index >= 15 is 0 Å². The van der Waals surface area contributed by atoms with E-state index in [9.17, 15) is 10.1 Å². The van der Waals surface area contributed by atoms with Gasteiger partial charge >= 0.3 is 6.09 Å². The number of benzene rings is 2. The van der Waals surface area contributed by atoms with Crippen LogP contribution in [0.4, 0.5) is 4.79 Å². The number of hydrogen-bond acceptors (Lipinski definition) is 3. The molecule has 1 atom stereocenters. The minimum absolute atomic E-state index is 0.389. The van der Waals surface area contributed by atoms with E-state index in [0.717, 1.165) is 11.1 Å². The molecule has 0 saturated carbocycles. The van der Waals surface area contributed by atoms with Gasteiger partial charge in [-0.1, -0.05) is 35.9 Å². The number of rotatable bonds is 1. The second-order valence-electron chi connectivity index (χ2n) is 7.05. The van der Waals surface area contributed by atoms with Crippen LogP contribution in [0.25, 0.3) is 0 Å². The zero-order chi connectivity index (χ0) is 18.2. The van der Waals surface area contributed by atoms with Gasteiger partial charge in [0.25, 0.3) is 0 Å². The Hall–Kier alpha value is -2.51. The van der Waals surface area contributed by atoms with Crippen LogP contribution in [0.2, 0.25) is 5.02 Å². The third-order valence-electron chi connectivity index (χ3n) is 4.06. The number of amides is 1. The summed E-state index contributed by atoms with van der Waals surface area (Å²) in [5.74, 6) is 0. The summed E-state index contributed by atoms with van der Waals surface area (Å²) < 4.78 is 5.58. The number of nitriles is 1. The summed E-state index contributed by atoms with van der Waals surface area (Å²) in [5.41, 5.74) is 2.66. The van der Waals surface area contributed by atoms with Crippen LogP contribution in [0.15, 0.2) is 42.5 Å². The predicted molar refractivity (Wildman–Crippen MR) is 96.2 cm³/mol. The maximum atomic E-state index is 12.8. The lowest BCUT2D eigenvalue weighted by Crippen LogP contribution is -2.36. The van der Waals surface area contributed by atoms with Crippen molar-refractivity contribution in [1.82, 2.24) is 4.90 Å². The van der Waals surface area contributed by atoms with E-state index in [1.807, 2.05) is 45.0 Å². The van der Waals surface area contributed by atoms with Crippen molar-refractivity contribution in [3.8, 4) is 6.07 Å². The highest BCUT2D eigenvalue weighted by Gasteiger charge is 2.38. The monoisotopic (exact) mass is 354 g/mol. The van der Waals surface area contributed by atoms with Gasteiger partial charge in [-0.2, -0.15) is 5.26 Å². The summed E-state index contributed by atoms with van der Waals surface area (Å²) in [6.45, 7) is 5.95. The largest absolute Gasteiger partial charge is 0.444 e. The number of fused-ring (bicyclic) bond motifs is 1. The zero-order valence-corrected chi connectivity index (χ0v) is 15.2. The van der Waals surface area contributed by atoms with E-state index < -0.39 is 11.7 Å². The number of hydrogen-bond donors (Lipinski definition) is 0. The van der Waals surface area contributed by atoms with Gasteiger partial charge in [-0.05, 0) is 55.7 Å². The summed E-state index contributed by atoms with van der Waals surface area (Å²) in [6, 6.07) is 14.8. The van der Waals surface area contributed by atoms with Crippen LogP contribution in [-0.2, 0) is 11.3 Å². The van der Waals surface area contributed by atoms with Crippen LogP contribution < -0.4 is 0 Å². The van der Waals surface area contributed by atoms with Gasteiger partial charge in [-0.3, -0.25) is 4.90 Å². The molecule has 1 aliphatic rings. The smallest absolute Gasteiger partial charge is 0.411 e. The molecular formula is C20H19ClN2O2. The maximum absolute atomic E-state index is 12.8. The summed E-state index contributed by atoms with van der Waals surface area (Å²) >= 11 is 6.17. The summed E-state index contributed by atoms with van der Waals surface area (Å²) in [7, 11) is 0. The molecule has 0 fully saturated rings. The molecular weight excluding hydrogens is 336 g/mol. The molecule has 5 heteroatoms. The van der Waals surface area contributed by atoms with Crippen molar-refractivity contribution >= 4 is 17.7 Å². The Labute approximate surface area is 152 Å².